The lowest BCUT2D eigenvalue weighted by molar-refractivity contribution is -0.123. The molecule has 0 N–H and O–H groups in total. The van der Waals surface area contributed by atoms with E-state index < -0.39 is 22.4 Å². The highest BCUT2D eigenvalue weighted by Gasteiger charge is 2.35. The number of fused-ring (bicyclic) bond motifs is 1. The first-order valence-electron chi connectivity index (χ1n) is 14.2. The maximum Gasteiger partial charge on any atom is 0.332 e. The zero-order valence-corrected chi connectivity index (χ0v) is 27.9. The quantitative estimate of drug-likeness (QED) is 0.186. The van der Waals surface area contributed by atoms with Gasteiger partial charge in [-0.1, -0.05) is 47.5 Å². The van der Waals surface area contributed by atoms with E-state index >= 15 is 0 Å². The minimum absolute atomic E-state index is 0.00992. The molecule has 6 rings (SSSR count). The SMILES string of the molecule is COc1cc(/C=C2\SC(=O)N(Cc3ccc(C#N)cc3)C2=O)ccc1Oc1nc2c(c(=O)n(C)c(=O)n2C)n1Cc1ccc(Cl)cc1Cl. The highest BCUT2D eigenvalue weighted by molar-refractivity contribution is 8.18. The van der Waals surface area contributed by atoms with E-state index in [4.69, 9.17) is 37.9 Å². The molecule has 5 aromatic rings. The van der Waals surface area contributed by atoms with Gasteiger partial charge in [-0.25, -0.2) is 4.79 Å². The number of benzene rings is 3. The van der Waals surface area contributed by atoms with Crippen LogP contribution in [0.25, 0.3) is 17.2 Å². The van der Waals surface area contributed by atoms with Gasteiger partial charge >= 0.3 is 11.7 Å². The zero-order valence-electron chi connectivity index (χ0n) is 25.6. The number of hydrogen-bond donors (Lipinski definition) is 0. The van der Waals surface area contributed by atoms with Gasteiger partial charge in [0.2, 0.25) is 0 Å². The fourth-order valence-corrected chi connectivity index (χ4v) is 6.39. The number of carbonyl (C=O) groups excluding carboxylic acids is 2. The van der Waals surface area contributed by atoms with Crippen LogP contribution in [0.15, 0.2) is 75.2 Å². The van der Waals surface area contributed by atoms with Gasteiger partial charge in [-0.2, -0.15) is 10.2 Å². The third-order valence-electron chi connectivity index (χ3n) is 7.64. The number of imide groups is 1. The molecule has 48 heavy (non-hydrogen) atoms. The fraction of sp³-hybridized carbons (Fsp3) is 0.152. The molecular weight excluding hydrogens is 679 g/mol. The average molecular weight is 704 g/mol. The highest BCUT2D eigenvalue weighted by atomic mass is 35.5. The highest BCUT2D eigenvalue weighted by Crippen LogP contribution is 2.37. The standard InChI is InChI=1S/C33H24Cl2N6O6S/c1-38-28-27(30(43)39(2)32(38)44)40(17-21-9-10-22(34)14-23(21)35)31(37-28)47-24-11-8-20(12-25(24)46-3)13-26-29(42)41(33(45)48-26)16-19-6-4-18(15-36)5-7-19/h4-14H,16-17H2,1-3H3/b26-13-. The van der Waals surface area contributed by atoms with Crippen molar-refractivity contribution < 1.29 is 19.1 Å². The number of methoxy groups -OCH3 is 1. The Morgan fingerprint density at radius 3 is 2.38 bits per heavy atom. The summed E-state index contributed by atoms with van der Waals surface area (Å²) in [5.74, 6) is 0.0464. The number of rotatable bonds is 8. The fourth-order valence-electron chi connectivity index (χ4n) is 5.08. The Labute approximate surface area is 286 Å². The monoisotopic (exact) mass is 702 g/mol. The molecule has 12 nitrogen and oxygen atoms in total. The summed E-state index contributed by atoms with van der Waals surface area (Å²) in [5.41, 5.74) is 1.46. The number of imidazole rings is 1. The number of nitriles is 1. The van der Waals surface area contributed by atoms with Crippen LogP contribution in [-0.4, -0.2) is 41.8 Å². The van der Waals surface area contributed by atoms with Gasteiger partial charge in [0.25, 0.3) is 16.7 Å². The second kappa shape index (κ2) is 13.1. The van der Waals surface area contributed by atoms with Crippen molar-refractivity contribution >= 4 is 63.4 Å². The summed E-state index contributed by atoms with van der Waals surface area (Å²) in [7, 11) is 4.32. The molecule has 15 heteroatoms. The number of carbonyl (C=O) groups is 2. The molecule has 1 aliphatic rings. The molecule has 0 bridgehead atoms. The Balaban J connectivity index is 1.33. The number of ether oxygens (including phenoxy) is 2. The Bertz CT molecular complexity index is 2340. The number of aromatic nitrogens is 4. The third-order valence-corrected chi connectivity index (χ3v) is 9.13. The number of aryl methyl sites for hydroxylation is 1. The van der Waals surface area contributed by atoms with Gasteiger partial charge in [-0.3, -0.25) is 33.0 Å². The minimum Gasteiger partial charge on any atom is -0.493 e. The zero-order chi connectivity index (χ0) is 34.3. The third kappa shape index (κ3) is 6.09. The van der Waals surface area contributed by atoms with Crippen molar-refractivity contribution in [2.45, 2.75) is 13.1 Å². The first kappa shape index (κ1) is 32.6. The average Bonchev–Trinajstić information content (AvgIpc) is 3.56. The largest absolute Gasteiger partial charge is 0.493 e. The lowest BCUT2D eigenvalue weighted by Gasteiger charge is -2.14. The van der Waals surface area contributed by atoms with Crippen LogP contribution in [0.2, 0.25) is 10.0 Å². The van der Waals surface area contributed by atoms with E-state index in [1.54, 1.807) is 66.7 Å². The van der Waals surface area contributed by atoms with Crippen LogP contribution in [0.5, 0.6) is 17.5 Å². The van der Waals surface area contributed by atoms with Crippen molar-refractivity contribution in [2.24, 2.45) is 14.1 Å². The van der Waals surface area contributed by atoms with Crippen molar-refractivity contribution in [2.75, 3.05) is 7.11 Å². The van der Waals surface area contributed by atoms with E-state index in [0.29, 0.717) is 32.3 Å². The van der Waals surface area contributed by atoms with Gasteiger partial charge in [0.05, 0.1) is 36.7 Å². The first-order valence-corrected chi connectivity index (χ1v) is 15.8. The Hall–Kier alpha value is -5.29. The van der Waals surface area contributed by atoms with Gasteiger partial charge in [-0.15, -0.1) is 0 Å². The van der Waals surface area contributed by atoms with Crippen LogP contribution in [0.4, 0.5) is 4.79 Å². The predicted octanol–water partition coefficient (Wildman–Crippen LogP) is 5.70. The lowest BCUT2D eigenvalue weighted by atomic mass is 10.1. The molecule has 1 saturated heterocycles. The number of hydrogen-bond acceptors (Lipinski definition) is 9. The smallest absolute Gasteiger partial charge is 0.332 e. The maximum absolute atomic E-state index is 13.3. The Kier molecular flexibility index (Phi) is 8.89. The molecule has 1 fully saturated rings. The molecule has 0 aliphatic carbocycles. The van der Waals surface area contributed by atoms with Gasteiger partial charge in [0, 0.05) is 24.1 Å². The van der Waals surface area contributed by atoms with Crippen molar-refractivity contribution in [3.05, 3.63) is 119 Å². The van der Waals surface area contributed by atoms with Gasteiger partial charge in [0.1, 0.15) is 0 Å². The summed E-state index contributed by atoms with van der Waals surface area (Å²) in [4.78, 5) is 57.8. The van der Waals surface area contributed by atoms with Gasteiger partial charge < -0.3 is 9.47 Å². The molecule has 1 aliphatic heterocycles. The molecule has 0 atom stereocenters. The van der Waals surface area contributed by atoms with Crippen molar-refractivity contribution in [1.29, 1.82) is 5.26 Å². The van der Waals surface area contributed by atoms with Crippen molar-refractivity contribution in [1.82, 2.24) is 23.6 Å². The lowest BCUT2D eigenvalue weighted by Crippen LogP contribution is -2.37. The molecule has 0 spiro atoms. The summed E-state index contributed by atoms with van der Waals surface area (Å²) in [6.45, 7) is 0.134. The molecule has 0 saturated carbocycles. The molecule has 3 heterocycles. The molecular formula is C33H24Cl2N6O6S. The van der Waals surface area contributed by atoms with E-state index in [2.05, 4.69) is 4.98 Å². The van der Waals surface area contributed by atoms with Crippen LogP contribution >= 0.6 is 35.0 Å². The molecule has 3 aromatic carbocycles. The van der Waals surface area contributed by atoms with Crippen LogP contribution < -0.4 is 20.7 Å². The van der Waals surface area contributed by atoms with Crippen molar-refractivity contribution in [3.63, 3.8) is 0 Å². The molecule has 0 unspecified atom stereocenters. The summed E-state index contributed by atoms with van der Waals surface area (Å²) in [6.07, 6.45) is 1.58. The van der Waals surface area contributed by atoms with E-state index in [9.17, 15) is 19.2 Å². The van der Waals surface area contributed by atoms with Crippen molar-refractivity contribution in [3.8, 4) is 23.6 Å². The van der Waals surface area contributed by atoms with Crippen LogP contribution in [-0.2, 0) is 32.0 Å². The van der Waals surface area contributed by atoms with Crippen LogP contribution in [0.3, 0.4) is 0 Å². The van der Waals surface area contributed by atoms with Crippen LogP contribution in [0.1, 0.15) is 22.3 Å². The molecule has 2 aromatic heterocycles. The number of amides is 2. The number of thioether (sulfide) groups is 1. The Morgan fingerprint density at radius 1 is 0.938 bits per heavy atom. The summed E-state index contributed by atoms with van der Waals surface area (Å²) in [6, 6.07) is 18.5. The van der Waals surface area contributed by atoms with Gasteiger partial charge in [-0.05, 0) is 70.9 Å². The second-order valence-corrected chi connectivity index (χ2v) is 12.5. The normalized spacial score (nSPS) is 13.8. The van der Waals surface area contributed by atoms with Crippen LogP contribution in [0, 0.1) is 11.3 Å². The number of halogens is 2. The molecule has 0 radical (unpaired) electrons. The predicted molar refractivity (Wildman–Crippen MR) is 182 cm³/mol. The van der Waals surface area contributed by atoms with E-state index in [1.165, 1.54) is 30.3 Å². The first-order chi connectivity index (χ1) is 23.0. The van der Waals surface area contributed by atoms with E-state index in [1.807, 2.05) is 6.07 Å². The number of nitrogens with zero attached hydrogens (tertiary/aromatic N) is 6. The van der Waals surface area contributed by atoms with E-state index in [-0.39, 0.29) is 46.7 Å². The minimum atomic E-state index is -0.573. The van der Waals surface area contributed by atoms with E-state index in [0.717, 1.165) is 21.2 Å². The van der Waals surface area contributed by atoms with Gasteiger partial charge in [0.15, 0.2) is 22.7 Å². The Morgan fingerprint density at radius 2 is 1.69 bits per heavy atom. The maximum atomic E-state index is 13.3. The molecule has 2 amide bonds. The topological polar surface area (TPSA) is 141 Å². The summed E-state index contributed by atoms with van der Waals surface area (Å²) >= 11 is 13.4. The second-order valence-electron chi connectivity index (χ2n) is 10.7. The summed E-state index contributed by atoms with van der Waals surface area (Å²) < 4.78 is 15.6. The molecule has 242 valence electrons. The summed E-state index contributed by atoms with van der Waals surface area (Å²) in [5, 5.41) is 9.41.